The third kappa shape index (κ3) is 4.37. The third-order valence-electron chi connectivity index (χ3n) is 2.92. The van der Waals surface area contributed by atoms with Gasteiger partial charge < -0.3 is 4.90 Å². The van der Waals surface area contributed by atoms with Crippen LogP contribution in [0.3, 0.4) is 0 Å². The lowest BCUT2D eigenvalue weighted by atomic mass is 10.1. The highest BCUT2D eigenvalue weighted by molar-refractivity contribution is 14.1. The average Bonchev–Trinajstić information content (AvgIpc) is 2.46. The van der Waals surface area contributed by atoms with Gasteiger partial charge in [-0.2, -0.15) is 0 Å². The van der Waals surface area contributed by atoms with Crippen LogP contribution in [0.4, 0.5) is 0 Å². The van der Waals surface area contributed by atoms with Crippen LogP contribution in [0.5, 0.6) is 0 Å². The highest BCUT2D eigenvalue weighted by atomic mass is 127. The molecule has 120 valence electrons. The standard InChI is InChI=1S/C16H13Cl2IN2O2/c1-20(2)9-14(21-8-11(18)4-6-15(21)22)16(23)12-5-3-10(17)7-13(12)19/h3-9H,1-2H3. The maximum atomic E-state index is 12.9. The number of nitrogens with zero attached hydrogens (tertiary/aromatic N) is 2. The topological polar surface area (TPSA) is 42.3 Å². The normalized spacial score (nSPS) is 11.4. The number of ketones is 1. The van der Waals surface area contributed by atoms with Crippen LogP contribution in [-0.4, -0.2) is 29.3 Å². The molecule has 1 aromatic heterocycles. The number of aromatic nitrogens is 1. The van der Waals surface area contributed by atoms with Gasteiger partial charge in [-0.25, -0.2) is 0 Å². The lowest BCUT2D eigenvalue weighted by Crippen LogP contribution is -2.24. The lowest BCUT2D eigenvalue weighted by Gasteiger charge is -2.14. The van der Waals surface area contributed by atoms with E-state index in [-0.39, 0.29) is 17.0 Å². The first-order chi connectivity index (χ1) is 10.8. The Morgan fingerprint density at radius 2 is 1.83 bits per heavy atom. The fourth-order valence-electron chi connectivity index (χ4n) is 1.94. The van der Waals surface area contributed by atoms with Gasteiger partial charge in [0.15, 0.2) is 0 Å². The number of halogens is 3. The number of rotatable bonds is 4. The quantitative estimate of drug-likeness (QED) is 0.391. The van der Waals surface area contributed by atoms with Gasteiger partial charge in [0, 0.05) is 46.7 Å². The zero-order valence-corrected chi connectivity index (χ0v) is 16.1. The van der Waals surface area contributed by atoms with E-state index in [0.717, 1.165) is 0 Å². The van der Waals surface area contributed by atoms with Gasteiger partial charge in [-0.05, 0) is 46.9 Å². The molecular weight excluding hydrogens is 450 g/mol. The molecule has 4 nitrogen and oxygen atoms in total. The molecule has 0 radical (unpaired) electrons. The van der Waals surface area contributed by atoms with E-state index in [1.165, 1.54) is 22.9 Å². The van der Waals surface area contributed by atoms with Crippen LogP contribution in [0.2, 0.25) is 10.0 Å². The summed E-state index contributed by atoms with van der Waals surface area (Å²) in [6.07, 6.45) is 3.02. The van der Waals surface area contributed by atoms with Gasteiger partial charge in [-0.15, -0.1) is 0 Å². The molecule has 0 saturated heterocycles. The number of hydrogen-bond donors (Lipinski definition) is 0. The maximum Gasteiger partial charge on any atom is 0.255 e. The van der Waals surface area contributed by atoms with Gasteiger partial charge in [0.2, 0.25) is 5.78 Å². The number of allylic oxidation sites excluding steroid dienone is 1. The van der Waals surface area contributed by atoms with Crippen molar-refractivity contribution < 1.29 is 4.79 Å². The van der Waals surface area contributed by atoms with E-state index in [2.05, 4.69) is 0 Å². The number of pyridine rings is 1. The minimum absolute atomic E-state index is 0.211. The summed E-state index contributed by atoms with van der Waals surface area (Å²) in [7, 11) is 3.55. The Bertz CT molecular complexity index is 844. The Morgan fingerprint density at radius 3 is 2.43 bits per heavy atom. The summed E-state index contributed by atoms with van der Waals surface area (Å²) < 4.78 is 1.95. The highest BCUT2D eigenvalue weighted by Crippen LogP contribution is 2.22. The van der Waals surface area contributed by atoms with Crippen LogP contribution < -0.4 is 5.56 Å². The van der Waals surface area contributed by atoms with E-state index >= 15 is 0 Å². The summed E-state index contributed by atoms with van der Waals surface area (Å²) in [6, 6.07) is 7.80. The first-order valence-electron chi connectivity index (χ1n) is 6.56. The van der Waals surface area contributed by atoms with Crippen molar-refractivity contribution in [1.29, 1.82) is 0 Å². The van der Waals surface area contributed by atoms with Crippen molar-refractivity contribution in [2.24, 2.45) is 0 Å². The molecule has 0 atom stereocenters. The highest BCUT2D eigenvalue weighted by Gasteiger charge is 2.19. The van der Waals surface area contributed by atoms with E-state index in [1.54, 1.807) is 43.4 Å². The van der Waals surface area contributed by atoms with Crippen LogP contribution in [0.1, 0.15) is 10.4 Å². The first-order valence-corrected chi connectivity index (χ1v) is 8.39. The predicted octanol–water partition coefficient (Wildman–Crippen LogP) is 4.00. The van der Waals surface area contributed by atoms with Crippen molar-refractivity contribution in [3.8, 4) is 0 Å². The molecule has 0 bridgehead atoms. The van der Waals surface area contributed by atoms with E-state index in [0.29, 0.717) is 19.2 Å². The zero-order chi connectivity index (χ0) is 17.1. The molecule has 0 aliphatic rings. The van der Waals surface area contributed by atoms with Gasteiger partial charge in [0.05, 0.1) is 5.02 Å². The van der Waals surface area contributed by atoms with Crippen molar-refractivity contribution in [1.82, 2.24) is 9.47 Å². The number of benzene rings is 1. The Labute approximate surface area is 157 Å². The SMILES string of the molecule is CN(C)C=C(C(=O)c1ccc(Cl)cc1I)n1cc(Cl)ccc1=O. The van der Waals surface area contributed by atoms with E-state index in [1.807, 2.05) is 22.6 Å². The summed E-state index contributed by atoms with van der Waals surface area (Å²) in [5.74, 6) is -0.288. The van der Waals surface area contributed by atoms with Gasteiger partial charge in [0.1, 0.15) is 5.70 Å². The number of carbonyl (C=O) groups excluding carboxylic acids is 1. The van der Waals surface area contributed by atoms with Crippen molar-refractivity contribution in [2.45, 2.75) is 0 Å². The molecule has 0 aliphatic carbocycles. The van der Waals surface area contributed by atoms with Crippen LogP contribution in [0, 0.1) is 3.57 Å². The molecule has 7 heteroatoms. The molecule has 1 heterocycles. The number of hydrogen-bond acceptors (Lipinski definition) is 3. The van der Waals surface area contributed by atoms with Crippen LogP contribution in [0.25, 0.3) is 5.70 Å². The van der Waals surface area contributed by atoms with E-state index < -0.39 is 0 Å². The molecule has 23 heavy (non-hydrogen) atoms. The largest absolute Gasteiger partial charge is 0.382 e. The Balaban J connectivity index is 2.62. The van der Waals surface area contributed by atoms with Gasteiger partial charge in [-0.1, -0.05) is 23.2 Å². The number of Topliss-reactive ketones (excluding diaryl/α,β-unsaturated/α-hetero) is 1. The molecule has 0 aliphatic heterocycles. The second-order valence-electron chi connectivity index (χ2n) is 4.99. The van der Waals surface area contributed by atoms with Crippen molar-refractivity contribution in [3.63, 3.8) is 0 Å². The van der Waals surface area contributed by atoms with Crippen LogP contribution in [-0.2, 0) is 0 Å². The predicted molar refractivity (Wildman–Crippen MR) is 102 cm³/mol. The zero-order valence-electron chi connectivity index (χ0n) is 12.4. The van der Waals surface area contributed by atoms with Crippen molar-refractivity contribution in [3.05, 3.63) is 72.3 Å². The monoisotopic (exact) mass is 462 g/mol. The minimum atomic E-state index is -0.333. The molecule has 1 aromatic carbocycles. The second-order valence-corrected chi connectivity index (χ2v) is 7.02. The summed E-state index contributed by atoms with van der Waals surface area (Å²) in [6.45, 7) is 0. The maximum absolute atomic E-state index is 12.9. The molecule has 2 aromatic rings. The summed E-state index contributed by atoms with van der Waals surface area (Å²) in [5.41, 5.74) is 0.345. The number of carbonyl (C=O) groups is 1. The van der Waals surface area contributed by atoms with E-state index in [4.69, 9.17) is 23.2 Å². The molecule has 0 unspecified atom stereocenters. The Hall–Kier alpha value is -1.31. The van der Waals surface area contributed by atoms with Crippen LogP contribution >= 0.6 is 45.8 Å². The average molecular weight is 463 g/mol. The smallest absolute Gasteiger partial charge is 0.255 e. The van der Waals surface area contributed by atoms with Gasteiger partial charge in [0.25, 0.3) is 5.56 Å². The fraction of sp³-hybridized carbons (Fsp3) is 0.125. The fourth-order valence-corrected chi connectivity index (χ4v) is 3.21. The Morgan fingerprint density at radius 1 is 1.17 bits per heavy atom. The third-order valence-corrected chi connectivity index (χ3v) is 4.27. The molecule has 0 saturated carbocycles. The van der Waals surface area contributed by atoms with Crippen molar-refractivity contribution >= 4 is 57.3 Å². The molecular formula is C16H13Cl2IN2O2. The Kier molecular flexibility index (Phi) is 5.89. The van der Waals surface area contributed by atoms with Crippen LogP contribution in [0.15, 0.2) is 47.5 Å². The summed E-state index contributed by atoms with van der Waals surface area (Å²) in [4.78, 5) is 26.8. The summed E-state index contributed by atoms with van der Waals surface area (Å²) >= 11 is 13.9. The molecule has 2 rings (SSSR count). The van der Waals surface area contributed by atoms with Gasteiger partial charge >= 0.3 is 0 Å². The molecule has 0 amide bonds. The molecule has 0 spiro atoms. The van der Waals surface area contributed by atoms with E-state index in [9.17, 15) is 9.59 Å². The lowest BCUT2D eigenvalue weighted by molar-refractivity contribution is 0.104. The second kappa shape index (κ2) is 7.51. The molecule has 0 N–H and O–H groups in total. The molecule has 0 fully saturated rings. The first kappa shape index (κ1) is 18.0. The van der Waals surface area contributed by atoms with Gasteiger partial charge in [-0.3, -0.25) is 14.2 Å². The van der Waals surface area contributed by atoms with Crippen molar-refractivity contribution in [2.75, 3.05) is 14.1 Å². The summed E-state index contributed by atoms with van der Waals surface area (Å²) in [5, 5.41) is 0.914. The minimum Gasteiger partial charge on any atom is -0.382 e.